The Bertz CT molecular complexity index is 383. The lowest BCUT2D eigenvalue weighted by Gasteiger charge is -2.35. The summed E-state index contributed by atoms with van der Waals surface area (Å²) in [5.74, 6) is 0.526. The highest BCUT2D eigenvalue weighted by atomic mass is 16.2. The lowest BCUT2D eigenvalue weighted by atomic mass is 10.3. The van der Waals surface area contributed by atoms with E-state index in [2.05, 4.69) is 15.2 Å². The van der Waals surface area contributed by atoms with Gasteiger partial charge in [0.25, 0.3) is 0 Å². The summed E-state index contributed by atoms with van der Waals surface area (Å²) in [6.45, 7) is 3.09. The molecule has 0 atom stereocenters. The Morgan fingerprint density at radius 2 is 2.06 bits per heavy atom. The van der Waals surface area contributed by atoms with Crippen molar-refractivity contribution in [3.63, 3.8) is 0 Å². The highest BCUT2D eigenvalue weighted by molar-refractivity contribution is 5.74. The Morgan fingerprint density at radius 1 is 1.35 bits per heavy atom. The first kappa shape index (κ1) is 11.5. The number of nitrogens with two attached hydrogens (primary N) is 1. The van der Waals surface area contributed by atoms with Crippen LogP contribution in [0.15, 0.2) is 18.3 Å². The van der Waals surface area contributed by atoms with E-state index in [9.17, 15) is 4.79 Å². The molecule has 1 aromatic rings. The number of hydrogen-bond donors (Lipinski definition) is 2. The summed E-state index contributed by atoms with van der Waals surface area (Å²) in [7, 11) is 1.65. The molecule has 17 heavy (non-hydrogen) atoms. The molecule has 0 bridgehead atoms. The highest BCUT2D eigenvalue weighted by Crippen LogP contribution is 2.15. The molecule has 2 heterocycles. The van der Waals surface area contributed by atoms with Crippen molar-refractivity contribution >= 4 is 17.5 Å². The molecule has 0 aromatic carbocycles. The number of carbonyl (C=O) groups excluding carboxylic acids is 1. The van der Waals surface area contributed by atoms with Gasteiger partial charge in [0.2, 0.25) is 0 Å². The summed E-state index contributed by atoms with van der Waals surface area (Å²) in [4.78, 5) is 19.5. The normalized spacial score (nSPS) is 15.8. The molecule has 1 saturated heterocycles. The number of hydrogen-bond acceptors (Lipinski definition) is 4. The molecule has 6 nitrogen and oxygen atoms in total. The van der Waals surface area contributed by atoms with E-state index in [0.717, 1.165) is 31.9 Å². The minimum absolute atomic E-state index is 0.0138. The van der Waals surface area contributed by atoms with Gasteiger partial charge in [-0.2, -0.15) is 0 Å². The van der Waals surface area contributed by atoms with E-state index < -0.39 is 0 Å². The molecule has 0 unspecified atom stereocenters. The number of anilines is 2. The van der Waals surface area contributed by atoms with Crippen LogP contribution in [0.3, 0.4) is 0 Å². The average Bonchev–Trinajstić information content (AvgIpc) is 2.39. The van der Waals surface area contributed by atoms with Crippen molar-refractivity contribution in [3.05, 3.63) is 18.3 Å². The summed E-state index contributed by atoms with van der Waals surface area (Å²) in [6.07, 6.45) is 1.77. The summed E-state index contributed by atoms with van der Waals surface area (Å²) in [6, 6.07) is 3.73. The summed E-state index contributed by atoms with van der Waals surface area (Å²) in [5, 5.41) is 2.64. The third kappa shape index (κ3) is 2.58. The molecule has 1 aromatic heterocycles. The van der Waals surface area contributed by atoms with Gasteiger partial charge in [0, 0.05) is 33.2 Å². The van der Waals surface area contributed by atoms with Gasteiger partial charge in [-0.25, -0.2) is 9.78 Å². The fourth-order valence-corrected chi connectivity index (χ4v) is 1.91. The smallest absolute Gasteiger partial charge is 0.317 e. The van der Waals surface area contributed by atoms with E-state index in [4.69, 9.17) is 5.73 Å². The van der Waals surface area contributed by atoms with Crippen molar-refractivity contribution in [2.45, 2.75) is 0 Å². The van der Waals surface area contributed by atoms with Crippen LogP contribution in [0.25, 0.3) is 0 Å². The molecule has 2 amide bonds. The first-order valence-electron chi connectivity index (χ1n) is 5.64. The van der Waals surface area contributed by atoms with Crippen LogP contribution in [-0.2, 0) is 0 Å². The number of nitrogen functional groups attached to an aromatic ring is 1. The number of aromatic nitrogens is 1. The third-order valence-electron chi connectivity index (χ3n) is 2.92. The third-order valence-corrected chi connectivity index (χ3v) is 2.92. The lowest BCUT2D eigenvalue weighted by molar-refractivity contribution is 0.196. The molecule has 92 valence electrons. The van der Waals surface area contributed by atoms with Crippen molar-refractivity contribution in [2.24, 2.45) is 0 Å². The second kappa shape index (κ2) is 4.90. The maximum atomic E-state index is 11.4. The molecule has 0 aliphatic carbocycles. The van der Waals surface area contributed by atoms with Crippen LogP contribution < -0.4 is 16.0 Å². The molecule has 1 aliphatic rings. The van der Waals surface area contributed by atoms with Crippen LogP contribution in [0, 0.1) is 0 Å². The molecule has 0 radical (unpaired) electrons. The predicted octanol–water partition coefficient (Wildman–Crippen LogP) is 0.125. The van der Waals surface area contributed by atoms with E-state index in [-0.39, 0.29) is 6.03 Å². The molecule has 0 spiro atoms. The zero-order valence-corrected chi connectivity index (χ0v) is 9.89. The first-order valence-corrected chi connectivity index (χ1v) is 5.64. The maximum Gasteiger partial charge on any atom is 0.317 e. The summed E-state index contributed by atoms with van der Waals surface area (Å²) >= 11 is 0. The molecule has 2 rings (SSSR count). The molecule has 3 N–H and O–H groups in total. The largest absolute Gasteiger partial charge is 0.384 e. The second-order valence-electron chi connectivity index (χ2n) is 3.97. The van der Waals surface area contributed by atoms with Gasteiger partial charge in [-0.15, -0.1) is 0 Å². The van der Waals surface area contributed by atoms with E-state index in [1.807, 2.05) is 6.07 Å². The minimum Gasteiger partial charge on any atom is -0.384 e. The number of carbonyl (C=O) groups is 1. The number of piperazine rings is 1. The Balaban J connectivity index is 1.95. The standard InChI is InChI=1S/C11H17N5O/c1-13-11(17)16-6-4-15(5-7-16)9-2-3-10(12)14-8-9/h2-3,8H,4-7H2,1H3,(H2,12,14)(H,13,17). The summed E-state index contributed by atoms with van der Waals surface area (Å²) in [5.41, 5.74) is 6.60. The zero-order chi connectivity index (χ0) is 12.3. The monoisotopic (exact) mass is 235 g/mol. The quantitative estimate of drug-likeness (QED) is 0.725. The van der Waals surface area contributed by atoms with Crippen LogP contribution in [0.5, 0.6) is 0 Å². The molecule has 1 aliphatic heterocycles. The van der Waals surface area contributed by atoms with Gasteiger partial charge in [-0.3, -0.25) is 0 Å². The fourth-order valence-electron chi connectivity index (χ4n) is 1.91. The molecular weight excluding hydrogens is 218 g/mol. The van der Waals surface area contributed by atoms with E-state index in [1.165, 1.54) is 0 Å². The topological polar surface area (TPSA) is 74.5 Å². The van der Waals surface area contributed by atoms with Crippen molar-refractivity contribution in [1.82, 2.24) is 15.2 Å². The Morgan fingerprint density at radius 3 is 2.59 bits per heavy atom. The van der Waals surface area contributed by atoms with Crippen molar-refractivity contribution in [3.8, 4) is 0 Å². The van der Waals surface area contributed by atoms with Crippen molar-refractivity contribution in [1.29, 1.82) is 0 Å². The van der Waals surface area contributed by atoms with Gasteiger partial charge in [-0.05, 0) is 12.1 Å². The minimum atomic E-state index is -0.0138. The summed E-state index contributed by atoms with van der Waals surface area (Å²) < 4.78 is 0. The Hall–Kier alpha value is -1.98. The molecular formula is C11H17N5O. The molecule has 6 heteroatoms. The van der Waals surface area contributed by atoms with Gasteiger partial charge in [0.15, 0.2) is 0 Å². The zero-order valence-electron chi connectivity index (χ0n) is 9.89. The van der Waals surface area contributed by atoms with Crippen molar-refractivity contribution < 1.29 is 4.79 Å². The SMILES string of the molecule is CNC(=O)N1CCN(c2ccc(N)nc2)CC1. The van der Waals surface area contributed by atoms with Gasteiger partial charge >= 0.3 is 6.03 Å². The molecule has 1 fully saturated rings. The van der Waals surface area contributed by atoms with Gasteiger partial charge in [0.05, 0.1) is 11.9 Å². The average molecular weight is 235 g/mol. The van der Waals surface area contributed by atoms with Gasteiger partial charge < -0.3 is 20.9 Å². The number of urea groups is 1. The Kier molecular flexibility index (Phi) is 3.32. The number of nitrogens with one attached hydrogen (secondary N) is 1. The van der Waals surface area contributed by atoms with Gasteiger partial charge in [0.1, 0.15) is 5.82 Å². The lowest BCUT2D eigenvalue weighted by Crippen LogP contribution is -2.51. The van der Waals surface area contributed by atoms with Crippen LogP contribution >= 0.6 is 0 Å². The van der Waals surface area contributed by atoms with Gasteiger partial charge in [-0.1, -0.05) is 0 Å². The fraction of sp³-hybridized carbons (Fsp3) is 0.455. The molecule has 0 saturated carbocycles. The predicted molar refractivity (Wildman–Crippen MR) is 66.9 cm³/mol. The van der Waals surface area contributed by atoms with Crippen LogP contribution in [0.1, 0.15) is 0 Å². The van der Waals surface area contributed by atoms with Crippen molar-refractivity contribution in [2.75, 3.05) is 43.9 Å². The maximum absolute atomic E-state index is 11.4. The van der Waals surface area contributed by atoms with E-state index in [1.54, 1.807) is 24.2 Å². The first-order chi connectivity index (χ1) is 8.20. The highest BCUT2D eigenvalue weighted by Gasteiger charge is 2.20. The second-order valence-corrected chi connectivity index (χ2v) is 3.97. The Labute approximate surface area is 100 Å². The van der Waals surface area contributed by atoms with Crippen LogP contribution in [0.4, 0.5) is 16.3 Å². The van der Waals surface area contributed by atoms with E-state index >= 15 is 0 Å². The number of pyridine rings is 1. The number of rotatable bonds is 1. The van der Waals surface area contributed by atoms with Crippen LogP contribution in [0.2, 0.25) is 0 Å². The van der Waals surface area contributed by atoms with E-state index in [0.29, 0.717) is 5.82 Å². The number of amides is 2. The van der Waals surface area contributed by atoms with Crippen LogP contribution in [-0.4, -0.2) is 49.1 Å². The number of nitrogens with zero attached hydrogens (tertiary/aromatic N) is 3.